The van der Waals surface area contributed by atoms with E-state index in [0.717, 1.165) is 5.69 Å². The van der Waals surface area contributed by atoms with Gasteiger partial charge in [-0.3, -0.25) is 9.78 Å². The van der Waals surface area contributed by atoms with Crippen molar-refractivity contribution in [2.24, 2.45) is 0 Å². The molecular weight excluding hydrogens is 349 g/mol. The van der Waals surface area contributed by atoms with Crippen LogP contribution in [0.5, 0.6) is 0 Å². The summed E-state index contributed by atoms with van der Waals surface area (Å²) in [4.78, 5) is 29.0. The van der Waals surface area contributed by atoms with Crippen molar-refractivity contribution in [1.82, 2.24) is 24.7 Å². The van der Waals surface area contributed by atoms with Gasteiger partial charge in [0, 0.05) is 18.9 Å². The molecule has 0 N–H and O–H groups in total. The number of rotatable bonds is 3. The van der Waals surface area contributed by atoms with Crippen LogP contribution in [-0.4, -0.2) is 49.9 Å². The van der Waals surface area contributed by atoms with Crippen LogP contribution in [0.25, 0.3) is 5.82 Å². The number of carbonyl (C=O) groups is 1. The highest BCUT2D eigenvalue weighted by molar-refractivity contribution is 6.09. The van der Waals surface area contributed by atoms with Gasteiger partial charge in [0.25, 0.3) is 5.91 Å². The molecule has 3 aromatic heterocycles. The molecule has 2 aliphatic heterocycles. The summed E-state index contributed by atoms with van der Waals surface area (Å²) in [6, 6.07) is 3.64. The van der Waals surface area contributed by atoms with Crippen molar-refractivity contribution in [2.45, 2.75) is 19.1 Å². The lowest BCUT2D eigenvalue weighted by Crippen LogP contribution is -2.24. The van der Waals surface area contributed by atoms with Crippen LogP contribution in [0.15, 0.2) is 43.1 Å². The fourth-order valence-electron chi connectivity index (χ4n) is 3.43. The van der Waals surface area contributed by atoms with Gasteiger partial charge in [-0.2, -0.15) is 5.10 Å². The highest BCUT2D eigenvalue weighted by atomic mass is 19.1. The summed E-state index contributed by atoms with van der Waals surface area (Å²) >= 11 is 0. The van der Waals surface area contributed by atoms with Gasteiger partial charge in [0.2, 0.25) is 0 Å². The Hall–Kier alpha value is -3.36. The number of hydrogen-bond acceptors (Lipinski definition) is 6. The standard InChI is InChI=1S/C18H16FN7O/c19-12-3-5-24(9-12)16-7-22-17(8-21-16)26-10-14-15(23-26)11-25(18(14)27)13-2-1-4-20-6-13/h1-2,4,6-8,10,12H,3,5,9,11H2. The molecule has 0 saturated carbocycles. The molecule has 0 bridgehead atoms. The maximum Gasteiger partial charge on any atom is 0.262 e. The van der Waals surface area contributed by atoms with Gasteiger partial charge >= 0.3 is 0 Å². The number of carbonyl (C=O) groups excluding carboxylic acids is 1. The van der Waals surface area contributed by atoms with Crippen molar-refractivity contribution >= 4 is 17.4 Å². The number of hydrogen-bond donors (Lipinski definition) is 0. The summed E-state index contributed by atoms with van der Waals surface area (Å²) in [7, 11) is 0. The lowest BCUT2D eigenvalue weighted by atomic mass is 10.3. The second-order valence-corrected chi connectivity index (χ2v) is 6.60. The summed E-state index contributed by atoms with van der Waals surface area (Å²) in [6.07, 6.45) is 7.91. The summed E-state index contributed by atoms with van der Waals surface area (Å²) < 4.78 is 14.9. The predicted octanol–water partition coefficient (Wildman–Crippen LogP) is 1.77. The number of alkyl halides is 1. The van der Waals surface area contributed by atoms with Gasteiger partial charge < -0.3 is 9.80 Å². The number of anilines is 2. The molecule has 5 rings (SSSR count). The maximum absolute atomic E-state index is 13.3. The quantitative estimate of drug-likeness (QED) is 0.704. The fraction of sp³-hybridized carbons (Fsp3) is 0.278. The zero-order valence-electron chi connectivity index (χ0n) is 14.4. The van der Waals surface area contributed by atoms with Gasteiger partial charge in [-0.25, -0.2) is 19.0 Å². The molecule has 8 nitrogen and oxygen atoms in total. The third-order valence-electron chi connectivity index (χ3n) is 4.85. The van der Waals surface area contributed by atoms with E-state index in [0.29, 0.717) is 48.9 Å². The molecule has 1 fully saturated rings. The van der Waals surface area contributed by atoms with Crippen molar-refractivity contribution in [3.63, 3.8) is 0 Å². The van der Waals surface area contributed by atoms with Crippen LogP contribution in [0.4, 0.5) is 15.9 Å². The van der Waals surface area contributed by atoms with E-state index in [2.05, 4.69) is 20.1 Å². The highest BCUT2D eigenvalue weighted by Crippen LogP contribution is 2.27. The number of amides is 1. The third kappa shape index (κ3) is 2.71. The lowest BCUT2D eigenvalue weighted by Gasteiger charge is -2.16. The molecule has 1 amide bonds. The monoisotopic (exact) mass is 365 g/mol. The van der Waals surface area contributed by atoms with Gasteiger partial charge in [-0.05, 0) is 18.6 Å². The van der Waals surface area contributed by atoms with E-state index in [1.54, 1.807) is 46.6 Å². The Kier molecular flexibility index (Phi) is 3.59. The Morgan fingerprint density at radius 2 is 2.00 bits per heavy atom. The Morgan fingerprint density at radius 3 is 2.67 bits per heavy atom. The van der Waals surface area contributed by atoms with Crippen LogP contribution >= 0.6 is 0 Å². The topological polar surface area (TPSA) is 80.0 Å². The SMILES string of the molecule is O=C1c2cn(-c3cnc(N4CCC(F)C4)cn3)nc2CN1c1cccnc1. The molecule has 27 heavy (non-hydrogen) atoms. The Morgan fingerprint density at radius 1 is 1.15 bits per heavy atom. The Labute approximate surface area is 154 Å². The van der Waals surface area contributed by atoms with E-state index >= 15 is 0 Å². The lowest BCUT2D eigenvalue weighted by molar-refractivity contribution is 0.0996. The predicted molar refractivity (Wildman–Crippen MR) is 95.6 cm³/mol. The number of pyridine rings is 1. The van der Waals surface area contributed by atoms with Crippen LogP contribution in [0, 0.1) is 0 Å². The van der Waals surface area contributed by atoms with Gasteiger partial charge in [-0.1, -0.05) is 0 Å². The van der Waals surface area contributed by atoms with E-state index in [4.69, 9.17) is 0 Å². The van der Waals surface area contributed by atoms with Crippen molar-refractivity contribution in [2.75, 3.05) is 22.9 Å². The van der Waals surface area contributed by atoms with E-state index in [9.17, 15) is 9.18 Å². The molecule has 0 spiro atoms. The largest absolute Gasteiger partial charge is 0.352 e. The molecule has 2 aliphatic rings. The van der Waals surface area contributed by atoms with E-state index in [1.165, 1.54) is 0 Å². The zero-order valence-corrected chi connectivity index (χ0v) is 14.4. The molecule has 9 heteroatoms. The van der Waals surface area contributed by atoms with Crippen LogP contribution in [0.2, 0.25) is 0 Å². The van der Waals surface area contributed by atoms with Crippen molar-refractivity contribution in [3.05, 3.63) is 54.4 Å². The second kappa shape index (κ2) is 6.11. The first kappa shape index (κ1) is 15.9. The molecule has 1 saturated heterocycles. The minimum Gasteiger partial charge on any atom is -0.352 e. The first-order valence-corrected chi connectivity index (χ1v) is 8.71. The van der Waals surface area contributed by atoms with E-state index in [-0.39, 0.29) is 5.91 Å². The summed E-state index contributed by atoms with van der Waals surface area (Å²) in [5, 5.41) is 4.48. The molecule has 1 atom stereocenters. The van der Waals surface area contributed by atoms with Crippen LogP contribution in [-0.2, 0) is 6.54 Å². The number of halogens is 1. The zero-order chi connectivity index (χ0) is 18.4. The van der Waals surface area contributed by atoms with Crippen LogP contribution < -0.4 is 9.80 Å². The maximum atomic E-state index is 13.3. The summed E-state index contributed by atoms with van der Waals surface area (Å²) in [6.45, 7) is 1.39. The third-order valence-corrected chi connectivity index (χ3v) is 4.85. The minimum atomic E-state index is -0.811. The first-order valence-electron chi connectivity index (χ1n) is 8.71. The number of nitrogens with zero attached hydrogens (tertiary/aromatic N) is 7. The Bertz CT molecular complexity index is 989. The number of aromatic nitrogens is 5. The van der Waals surface area contributed by atoms with Crippen LogP contribution in [0.1, 0.15) is 22.5 Å². The van der Waals surface area contributed by atoms with Crippen molar-refractivity contribution in [3.8, 4) is 5.82 Å². The van der Waals surface area contributed by atoms with E-state index in [1.807, 2.05) is 11.0 Å². The van der Waals surface area contributed by atoms with Gasteiger partial charge in [-0.15, -0.1) is 0 Å². The summed E-state index contributed by atoms with van der Waals surface area (Å²) in [5.41, 5.74) is 1.98. The Balaban J connectivity index is 1.37. The molecule has 0 aromatic carbocycles. The molecular formula is C18H16FN7O. The van der Waals surface area contributed by atoms with Gasteiger partial charge in [0.05, 0.1) is 48.6 Å². The van der Waals surface area contributed by atoms with Crippen molar-refractivity contribution in [1.29, 1.82) is 0 Å². The average Bonchev–Trinajstić information content (AvgIpc) is 3.39. The van der Waals surface area contributed by atoms with Crippen LogP contribution in [0.3, 0.4) is 0 Å². The fourth-order valence-corrected chi connectivity index (χ4v) is 3.43. The first-order chi connectivity index (χ1) is 13.2. The molecule has 5 heterocycles. The van der Waals surface area contributed by atoms with Gasteiger partial charge in [0.1, 0.15) is 12.0 Å². The number of fused-ring (bicyclic) bond motifs is 1. The van der Waals surface area contributed by atoms with E-state index < -0.39 is 6.17 Å². The molecule has 0 radical (unpaired) electrons. The minimum absolute atomic E-state index is 0.111. The smallest absolute Gasteiger partial charge is 0.262 e. The molecule has 3 aromatic rings. The normalized spacial score (nSPS) is 19.0. The van der Waals surface area contributed by atoms with Gasteiger partial charge in [0.15, 0.2) is 5.82 Å². The molecule has 136 valence electrons. The second-order valence-electron chi connectivity index (χ2n) is 6.60. The molecule has 1 unspecified atom stereocenters. The summed E-state index contributed by atoms with van der Waals surface area (Å²) in [5.74, 6) is 1.06. The highest BCUT2D eigenvalue weighted by Gasteiger charge is 2.32. The van der Waals surface area contributed by atoms with Crippen molar-refractivity contribution < 1.29 is 9.18 Å². The molecule has 0 aliphatic carbocycles. The average molecular weight is 365 g/mol.